The lowest BCUT2D eigenvalue weighted by Crippen LogP contribution is -2.31. The van der Waals surface area contributed by atoms with Gasteiger partial charge in [-0.15, -0.1) is 11.3 Å². The number of hydrogen-bond acceptors (Lipinski definition) is 6. The number of furan rings is 1. The number of ketones is 1. The Morgan fingerprint density at radius 1 is 1.23 bits per heavy atom. The maximum Gasteiger partial charge on any atom is 0.290 e. The van der Waals surface area contributed by atoms with Gasteiger partial charge < -0.3 is 14.4 Å². The molecule has 6 nitrogen and oxygen atoms in total. The van der Waals surface area contributed by atoms with Crippen LogP contribution >= 0.6 is 11.3 Å². The summed E-state index contributed by atoms with van der Waals surface area (Å²) in [5.41, 5.74) is 0.555. The van der Waals surface area contributed by atoms with Crippen LogP contribution in [0.5, 0.6) is 0 Å². The molecule has 4 rings (SSSR count). The van der Waals surface area contributed by atoms with Crippen LogP contribution in [0.4, 0.5) is 0 Å². The summed E-state index contributed by atoms with van der Waals surface area (Å²) in [5, 5.41) is 12.2. The Bertz CT molecular complexity index is 962. The molecule has 26 heavy (non-hydrogen) atoms. The molecule has 4 heterocycles. The molecule has 0 fully saturated rings. The summed E-state index contributed by atoms with van der Waals surface area (Å²) in [6, 6.07) is 11.4. The highest BCUT2D eigenvalue weighted by Crippen LogP contribution is 2.39. The van der Waals surface area contributed by atoms with E-state index in [0.717, 1.165) is 0 Å². The van der Waals surface area contributed by atoms with Crippen molar-refractivity contribution in [2.75, 3.05) is 0 Å². The predicted molar refractivity (Wildman–Crippen MR) is 94.5 cm³/mol. The fourth-order valence-corrected chi connectivity index (χ4v) is 3.68. The quantitative estimate of drug-likeness (QED) is 0.699. The monoisotopic (exact) mass is 366 g/mol. The number of amides is 1. The van der Waals surface area contributed by atoms with E-state index >= 15 is 0 Å². The molecule has 3 aromatic rings. The van der Waals surface area contributed by atoms with E-state index < -0.39 is 17.7 Å². The van der Waals surface area contributed by atoms with Crippen LogP contribution < -0.4 is 0 Å². The second-order valence-electron chi connectivity index (χ2n) is 5.74. The molecule has 0 radical (unpaired) electrons. The fourth-order valence-electron chi connectivity index (χ4n) is 3.00. The van der Waals surface area contributed by atoms with Crippen LogP contribution in [0.2, 0.25) is 0 Å². The van der Waals surface area contributed by atoms with Gasteiger partial charge in [0.05, 0.1) is 29.0 Å². The number of pyridine rings is 1. The number of carbonyl (C=O) groups is 2. The minimum Gasteiger partial charge on any atom is -0.503 e. The summed E-state index contributed by atoms with van der Waals surface area (Å²) < 4.78 is 5.33. The van der Waals surface area contributed by atoms with Crippen molar-refractivity contribution in [2.24, 2.45) is 0 Å². The topological polar surface area (TPSA) is 83.6 Å². The van der Waals surface area contributed by atoms with Crippen molar-refractivity contribution in [2.45, 2.75) is 12.6 Å². The lowest BCUT2D eigenvalue weighted by molar-refractivity contribution is -0.130. The van der Waals surface area contributed by atoms with Gasteiger partial charge in [0.25, 0.3) is 5.91 Å². The first-order chi connectivity index (χ1) is 12.7. The number of aliphatic hydroxyl groups excluding tert-OH is 1. The van der Waals surface area contributed by atoms with E-state index in [1.165, 1.54) is 22.5 Å². The Hall–Kier alpha value is -3.19. The molecule has 1 unspecified atom stereocenters. The Labute approximate surface area is 153 Å². The number of nitrogens with zero attached hydrogens (tertiary/aromatic N) is 2. The van der Waals surface area contributed by atoms with Gasteiger partial charge in [-0.25, -0.2) is 0 Å². The largest absolute Gasteiger partial charge is 0.503 e. The maximum absolute atomic E-state index is 13.0. The average Bonchev–Trinajstić information content (AvgIpc) is 3.40. The van der Waals surface area contributed by atoms with Crippen LogP contribution in [0.3, 0.4) is 0 Å². The highest BCUT2D eigenvalue weighted by Gasteiger charge is 2.44. The third-order valence-corrected chi connectivity index (χ3v) is 5.04. The number of aromatic nitrogens is 1. The van der Waals surface area contributed by atoms with Gasteiger partial charge in [-0.1, -0.05) is 12.1 Å². The molecule has 0 spiro atoms. The van der Waals surface area contributed by atoms with E-state index in [2.05, 4.69) is 4.98 Å². The van der Waals surface area contributed by atoms with Gasteiger partial charge in [-0.2, -0.15) is 0 Å². The Morgan fingerprint density at radius 2 is 2.12 bits per heavy atom. The standard InChI is InChI=1S/C19H14N2O4S/c22-17(14-7-4-10-26-14)15-16(13-6-1-2-8-20-13)21(19(24)18(15)23)11-12-5-3-9-25-12/h1-10,16,23H,11H2. The van der Waals surface area contributed by atoms with Gasteiger partial charge in [-0.05, 0) is 35.7 Å². The van der Waals surface area contributed by atoms with E-state index in [0.29, 0.717) is 16.3 Å². The SMILES string of the molecule is O=C(C1=C(O)C(=O)N(Cc2ccco2)C1c1ccccn1)c1cccs1. The molecule has 1 N–H and O–H groups in total. The Kier molecular flexibility index (Phi) is 4.14. The minimum absolute atomic E-state index is 0.0442. The summed E-state index contributed by atoms with van der Waals surface area (Å²) in [7, 11) is 0. The molecule has 0 saturated carbocycles. The third-order valence-electron chi connectivity index (χ3n) is 4.17. The second kappa shape index (κ2) is 6.61. The number of carbonyl (C=O) groups excluding carboxylic acids is 2. The molecule has 7 heteroatoms. The summed E-state index contributed by atoms with van der Waals surface area (Å²) in [6.45, 7) is 0.123. The van der Waals surface area contributed by atoms with Crippen LogP contribution in [-0.2, 0) is 11.3 Å². The van der Waals surface area contributed by atoms with Crippen LogP contribution in [-0.4, -0.2) is 26.7 Å². The van der Waals surface area contributed by atoms with E-state index in [1.807, 2.05) is 0 Å². The van der Waals surface area contributed by atoms with Gasteiger partial charge in [0, 0.05) is 6.20 Å². The van der Waals surface area contributed by atoms with E-state index in [4.69, 9.17) is 4.42 Å². The summed E-state index contributed by atoms with van der Waals surface area (Å²) >= 11 is 1.26. The van der Waals surface area contributed by atoms with Gasteiger partial charge in [0.15, 0.2) is 5.76 Å². The van der Waals surface area contributed by atoms with Crippen molar-refractivity contribution in [1.29, 1.82) is 0 Å². The van der Waals surface area contributed by atoms with Gasteiger partial charge in [0.1, 0.15) is 11.8 Å². The number of aliphatic hydroxyl groups is 1. The lowest BCUT2D eigenvalue weighted by Gasteiger charge is -2.25. The van der Waals surface area contributed by atoms with Crippen molar-refractivity contribution in [3.05, 3.63) is 88.0 Å². The first-order valence-electron chi connectivity index (χ1n) is 7.92. The van der Waals surface area contributed by atoms with Crippen LogP contribution in [0.25, 0.3) is 0 Å². The molecule has 0 saturated heterocycles. The van der Waals surface area contributed by atoms with Crippen molar-refractivity contribution >= 4 is 23.0 Å². The fraction of sp³-hybridized carbons (Fsp3) is 0.105. The Morgan fingerprint density at radius 3 is 2.77 bits per heavy atom. The zero-order valence-electron chi connectivity index (χ0n) is 13.5. The number of rotatable bonds is 5. The molecule has 1 aliphatic rings. The summed E-state index contributed by atoms with van der Waals surface area (Å²) in [5.74, 6) is -0.970. The number of hydrogen-bond donors (Lipinski definition) is 1. The van der Waals surface area contributed by atoms with Crippen molar-refractivity contribution in [1.82, 2.24) is 9.88 Å². The molecule has 1 atom stereocenters. The Balaban J connectivity index is 1.80. The molecular formula is C19H14N2O4S. The van der Waals surface area contributed by atoms with Crippen molar-refractivity contribution < 1.29 is 19.1 Å². The van der Waals surface area contributed by atoms with Crippen molar-refractivity contribution in [3.8, 4) is 0 Å². The number of thiophene rings is 1. The summed E-state index contributed by atoms with van der Waals surface area (Å²) in [6.07, 6.45) is 3.10. The molecule has 1 amide bonds. The van der Waals surface area contributed by atoms with E-state index in [1.54, 1.807) is 54.0 Å². The smallest absolute Gasteiger partial charge is 0.290 e. The van der Waals surface area contributed by atoms with Gasteiger partial charge in [0.2, 0.25) is 5.78 Å². The molecule has 1 aliphatic heterocycles. The van der Waals surface area contributed by atoms with E-state index in [-0.39, 0.29) is 17.9 Å². The lowest BCUT2D eigenvalue weighted by atomic mass is 9.99. The zero-order chi connectivity index (χ0) is 18.1. The average molecular weight is 366 g/mol. The van der Waals surface area contributed by atoms with Crippen LogP contribution in [0, 0.1) is 0 Å². The second-order valence-corrected chi connectivity index (χ2v) is 6.69. The normalized spacial score (nSPS) is 17.2. The molecular weight excluding hydrogens is 352 g/mol. The first-order valence-corrected chi connectivity index (χ1v) is 8.80. The zero-order valence-corrected chi connectivity index (χ0v) is 14.3. The predicted octanol–water partition coefficient (Wildman–Crippen LogP) is 3.51. The molecule has 0 aliphatic carbocycles. The molecule has 0 aromatic carbocycles. The number of Topliss-reactive ketones (excluding diaryl/α,β-unsaturated/α-hetero) is 1. The molecule has 130 valence electrons. The van der Waals surface area contributed by atoms with Crippen molar-refractivity contribution in [3.63, 3.8) is 0 Å². The van der Waals surface area contributed by atoms with E-state index in [9.17, 15) is 14.7 Å². The highest BCUT2D eigenvalue weighted by molar-refractivity contribution is 7.12. The van der Waals surface area contributed by atoms with Gasteiger partial charge in [-0.3, -0.25) is 14.6 Å². The minimum atomic E-state index is -0.775. The first kappa shape index (κ1) is 16.3. The summed E-state index contributed by atoms with van der Waals surface area (Å²) in [4.78, 5) is 31.8. The molecule has 3 aromatic heterocycles. The molecule has 0 bridgehead atoms. The third kappa shape index (κ3) is 2.72. The highest BCUT2D eigenvalue weighted by atomic mass is 32.1. The maximum atomic E-state index is 13.0. The van der Waals surface area contributed by atoms with Crippen LogP contribution in [0.1, 0.15) is 27.2 Å². The van der Waals surface area contributed by atoms with Gasteiger partial charge >= 0.3 is 0 Å². The van der Waals surface area contributed by atoms with Crippen LogP contribution in [0.15, 0.2) is 76.1 Å².